The second kappa shape index (κ2) is 5.94. The molecule has 1 N–H and O–H groups in total. The van der Waals surface area contributed by atoms with Crippen molar-refractivity contribution in [2.75, 3.05) is 19.9 Å². The van der Waals surface area contributed by atoms with E-state index in [2.05, 4.69) is 4.98 Å². The van der Waals surface area contributed by atoms with Crippen LogP contribution >= 0.6 is 12.2 Å². The van der Waals surface area contributed by atoms with E-state index in [1.54, 1.807) is 16.7 Å². The van der Waals surface area contributed by atoms with Crippen molar-refractivity contribution in [1.29, 1.82) is 0 Å². The SMILES string of the molecule is O=C1CCCN1CCCn1c(=S)[nH]c2cc3c(cc2c1=O)OCO3. The van der Waals surface area contributed by atoms with Gasteiger partial charge in [-0.2, -0.15) is 0 Å². The van der Waals surface area contributed by atoms with Crippen LogP contribution in [-0.2, 0) is 11.3 Å². The molecule has 8 heteroatoms. The Hall–Kier alpha value is -2.35. The Morgan fingerprint density at radius 1 is 1.17 bits per heavy atom. The minimum atomic E-state index is -0.153. The Morgan fingerprint density at radius 2 is 1.96 bits per heavy atom. The predicted octanol–water partition coefficient (Wildman–Crippen LogP) is 1.80. The Kier molecular flexibility index (Phi) is 3.76. The van der Waals surface area contributed by atoms with Gasteiger partial charge >= 0.3 is 0 Å². The highest BCUT2D eigenvalue weighted by atomic mass is 32.1. The highest BCUT2D eigenvalue weighted by Gasteiger charge is 2.20. The quantitative estimate of drug-likeness (QED) is 0.854. The molecule has 1 saturated heterocycles. The summed E-state index contributed by atoms with van der Waals surface area (Å²) in [5, 5.41) is 0.519. The number of aromatic nitrogens is 2. The van der Waals surface area contributed by atoms with Crippen LogP contribution in [-0.4, -0.2) is 40.2 Å². The summed E-state index contributed by atoms with van der Waals surface area (Å²) in [5.74, 6) is 1.37. The molecular weight excluding hydrogens is 330 g/mol. The number of benzene rings is 1. The van der Waals surface area contributed by atoms with Gasteiger partial charge in [-0.25, -0.2) is 0 Å². The number of aromatic amines is 1. The molecule has 126 valence electrons. The molecule has 4 rings (SSSR count). The van der Waals surface area contributed by atoms with Gasteiger partial charge in [0.05, 0.1) is 10.9 Å². The van der Waals surface area contributed by atoms with Crippen molar-refractivity contribution in [3.63, 3.8) is 0 Å². The summed E-state index contributed by atoms with van der Waals surface area (Å²) < 4.78 is 12.6. The fraction of sp³-hybridized carbons (Fsp3) is 0.438. The fourth-order valence-electron chi connectivity index (χ4n) is 3.21. The zero-order chi connectivity index (χ0) is 16.7. The fourth-order valence-corrected chi connectivity index (χ4v) is 3.49. The summed E-state index contributed by atoms with van der Waals surface area (Å²) >= 11 is 5.32. The first kappa shape index (κ1) is 15.2. The molecular formula is C16H17N3O4S. The van der Waals surface area contributed by atoms with Crippen molar-refractivity contribution >= 4 is 29.0 Å². The van der Waals surface area contributed by atoms with Crippen LogP contribution < -0.4 is 15.0 Å². The molecule has 1 fully saturated rings. The molecule has 3 heterocycles. The maximum absolute atomic E-state index is 12.7. The molecule has 0 aliphatic carbocycles. The third-order valence-corrected chi connectivity index (χ3v) is 4.78. The smallest absolute Gasteiger partial charge is 0.262 e. The molecule has 0 radical (unpaired) electrons. The van der Waals surface area contributed by atoms with Crippen LogP contribution in [0.1, 0.15) is 19.3 Å². The van der Waals surface area contributed by atoms with Gasteiger partial charge < -0.3 is 19.4 Å². The number of rotatable bonds is 4. The van der Waals surface area contributed by atoms with Crippen molar-refractivity contribution in [3.8, 4) is 11.5 Å². The maximum Gasteiger partial charge on any atom is 0.262 e. The molecule has 2 aromatic rings. The van der Waals surface area contributed by atoms with Gasteiger partial charge in [-0.1, -0.05) is 0 Å². The second-order valence-electron chi connectivity index (χ2n) is 5.98. The van der Waals surface area contributed by atoms with Crippen LogP contribution in [0.5, 0.6) is 11.5 Å². The van der Waals surface area contributed by atoms with Gasteiger partial charge in [-0.3, -0.25) is 14.2 Å². The zero-order valence-electron chi connectivity index (χ0n) is 13.0. The Bertz CT molecular complexity index is 933. The van der Waals surface area contributed by atoms with Crippen molar-refractivity contribution in [3.05, 3.63) is 27.3 Å². The monoisotopic (exact) mass is 347 g/mol. The van der Waals surface area contributed by atoms with Gasteiger partial charge in [0.2, 0.25) is 12.7 Å². The van der Waals surface area contributed by atoms with Crippen LogP contribution in [0.3, 0.4) is 0 Å². The van der Waals surface area contributed by atoms with Crippen LogP contribution in [0.25, 0.3) is 10.9 Å². The number of carbonyl (C=O) groups excluding carboxylic acids is 1. The number of likely N-dealkylation sites (tertiary alicyclic amines) is 1. The van der Waals surface area contributed by atoms with E-state index >= 15 is 0 Å². The maximum atomic E-state index is 12.7. The standard InChI is InChI=1S/C16H17N3O4S/c20-14-3-1-4-18(14)5-2-6-19-15(21)10-7-12-13(23-9-22-12)8-11(10)17-16(19)24/h7-8H,1-6,9H2,(H,17,24). The van der Waals surface area contributed by atoms with Gasteiger partial charge in [0.1, 0.15) is 0 Å². The van der Waals surface area contributed by atoms with Crippen LogP contribution in [0, 0.1) is 4.77 Å². The van der Waals surface area contributed by atoms with E-state index < -0.39 is 0 Å². The first-order chi connectivity index (χ1) is 11.6. The lowest BCUT2D eigenvalue weighted by Gasteiger charge is -2.15. The van der Waals surface area contributed by atoms with Crippen LogP contribution in [0.2, 0.25) is 0 Å². The third-order valence-electron chi connectivity index (χ3n) is 4.46. The Morgan fingerprint density at radius 3 is 2.71 bits per heavy atom. The molecule has 1 amide bonds. The molecule has 1 aromatic heterocycles. The van der Waals surface area contributed by atoms with Gasteiger partial charge in [0.25, 0.3) is 5.56 Å². The molecule has 0 saturated carbocycles. The lowest BCUT2D eigenvalue weighted by molar-refractivity contribution is -0.127. The van der Waals surface area contributed by atoms with Crippen LogP contribution in [0.4, 0.5) is 0 Å². The summed E-state index contributed by atoms with van der Waals surface area (Å²) in [6.07, 6.45) is 2.24. The minimum Gasteiger partial charge on any atom is -0.454 e. The number of nitrogens with zero attached hydrogens (tertiary/aromatic N) is 2. The molecule has 7 nitrogen and oxygen atoms in total. The van der Waals surface area contributed by atoms with Crippen molar-refractivity contribution in [2.45, 2.75) is 25.8 Å². The lowest BCUT2D eigenvalue weighted by atomic mass is 10.2. The average molecular weight is 347 g/mol. The van der Waals surface area contributed by atoms with E-state index in [4.69, 9.17) is 21.7 Å². The third kappa shape index (κ3) is 2.56. The van der Waals surface area contributed by atoms with Gasteiger partial charge in [0.15, 0.2) is 16.3 Å². The number of carbonyl (C=O) groups is 1. The van der Waals surface area contributed by atoms with E-state index in [-0.39, 0.29) is 18.3 Å². The minimum absolute atomic E-state index is 0.153. The molecule has 2 aliphatic rings. The normalized spacial score (nSPS) is 16.3. The number of hydrogen-bond donors (Lipinski definition) is 1. The van der Waals surface area contributed by atoms with Crippen molar-refractivity contribution in [1.82, 2.24) is 14.5 Å². The molecule has 0 unspecified atom stereocenters. The molecule has 0 spiro atoms. The first-order valence-corrected chi connectivity index (χ1v) is 8.38. The van der Waals surface area contributed by atoms with E-state index in [1.165, 1.54) is 0 Å². The molecule has 0 atom stereocenters. The summed E-state index contributed by atoms with van der Waals surface area (Å²) in [6, 6.07) is 3.42. The van der Waals surface area contributed by atoms with E-state index in [9.17, 15) is 9.59 Å². The lowest BCUT2D eigenvalue weighted by Crippen LogP contribution is -2.28. The number of fused-ring (bicyclic) bond motifs is 2. The van der Waals surface area contributed by atoms with Crippen molar-refractivity contribution < 1.29 is 14.3 Å². The largest absolute Gasteiger partial charge is 0.454 e. The number of nitrogens with one attached hydrogen (secondary N) is 1. The molecule has 2 aliphatic heterocycles. The van der Waals surface area contributed by atoms with E-state index in [0.717, 1.165) is 13.0 Å². The zero-order valence-corrected chi connectivity index (χ0v) is 13.9. The van der Waals surface area contributed by atoms with Crippen LogP contribution in [0.15, 0.2) is 16.9 Å². The van der Waals surface area contributed by atoms with Gasteiger partial charge in [-0.15, -0.1) is 0 Å². The summed E-state index contributed by atoms with van der Waals surface area (Å²) in [7, 11) is 0. The summed E-state index contributed by atoms with van der Waals surface area (Å²) in [5.41, 5.74) is 0.486. The Labute approximate surface area is 142 Å². The van der Waals surface area contributed by atoms with Gasteiger partial charge in [-0.05, 0) is 31.1 Å². The molecule has 1 aromatic carbocycles. The summed E-state index contributed by atoms with van der Waals surface area (Å²) in [6.45, 7) is 2.09. The van der Waals surface area contributed by atoms with E-state index in [1.807, 2.05) is 4.90 Å². The van der Waals surface area contributed by atoms with E-state index in [0.29, 0.717) is 53.1 Å². The van der Waals surface area contributed by atoms with Crippen molar-refractivity contribution in [2.24, 2.45) is 0 Å². The highest BCUT2D eigenvalue weighted by Crippen LogP contribution is 2.34. The highest BCUT2D eigenvalue weighted by molar-refractivity contribution is 7.71. The first-order valence-electron chi connectivity index (χ1n) is 7.98. The number of H-pyrrole nitrogens is 1. The second-order valence-corrected chi connectivity index (χ2v) is 6.36. The van der Waals surface area contributed by atoms with Gasteiger partial charge in [0, 0.05) is 32.1 Å². The topological polar surface area (TPSA) is 76.6 Å². The number of hydrogen-bond acceptors (Lipinski definition) is 5. The number of ether oxygens (including phenoxy) is 2. The predicted molar refractivity (Wildman–Crippen MR) is 89.9 cm³/mol. The number of amides is 1. The average Bonchev–Trinajstić information content (AvgIpc) is 3.17. The molecule has 24 heavy (non-hydrogen) atoms. The molecule has 0 bridgehead atoms. The summed E-state index contributed by atoms with van der Waals surface area (Å²) in [4.78, 5) is 29.3. The Balaban J connectivity index is 1.61.